The summed E-state index contributed by atoms with van der Waals surface area (Å²) >= 11 is 0. The summed E-state index contributed by atoms with van der Waals surface area (Å²) in [7, 11) is 1.43. The Morgan fingerprint density at radius 2 is 2.20 bits per heavy atom. The third kappa shape index (κ3) is 2.72. The molecule has 2 unspecified atom stereocenters. The smallest absolute Gasteiger partial charge is 0.337 e. The molecule has 20 heavy (non-hydrogen) atoms. The highest BCUT2D eigenvalue weighted by molar-refractivity contribution is 5.89. The van der Waals surface area contributed by atoms with E-state index in [2.05, 4.69) is 16.3 Å². The number of benzene rings is 1. The summed E-state index contributed by atoms with van der Waals surface area (Å²) in [5, 5.41) is 3.52. The number of carbonyl (C=O) groups is 1. The molecule has 2 atom stereocenters. The summed E-state index contributed by atoms with van der Waals surface area (Å²) in [6.45, 7) is 3.15. The fourth-order valence-corrected chi connectivity index (χ4v) is 3.46. The van der Waals surface area contributed by atoms with Gasteiger partial charge in [-0.2, -0.15) is 0 Å². The lowest BCUT2D eigenvalue weighted by Crippen LogP contribution is -2.37. The number of hydrogen-bond donors (Lipinski definition) is 1. The van der Waals surface area contributed by atoms with Gasteiger partial charge in [0.05, 0.1) is 12.7 Å². The second-order valence-corrected chi connectivity index (χ2v) is 5.74. The van der Waals surface area contributed by atoms with Crippen molar-refractivity contribution in [3.05, 3.63) is 35.4 Å². The number of nitrogens with zero attached hydrogens (tertiary/aromatic N) is 1. The van der Waals surface area contributed by atoms with Crippen molar-refractivity contribution in [1.29, 1.82) is 0 Å². The molecule has 0 saturated carbocycles. The van der Waals surface area contributed by atoms with E-state index in [1.165, 1.54) is 31.9 Å². The third-order valence-corrected chi connectivity index (χ3v) is 4.52. The Kier molecular flexibility index (Phi) is 4.03. The van der Waals surface area contributed by atoms with E-state index in [4.69, 9.17) is 4.74 Å². The van der Waals surface area contributed by atoms with Crippen LogP contribution in [0.15, 0.2) is 24.3 Å². The molecule has 2 bridgehead atoms. The summed E-state index contributed by atoms with van der Waals surface area (Å²) in [6, 6.07) is 9.16. The lowest BCUT2D eigenvalue weighted by atomic mass is 10.1. The zero-order valence-electron chi connectivity index (χ0n) is 12.0. The van der Waals surface area contributed by atoms with Crippen molar-refractivity contribution in [3.8, 4) is 0 Å². The van der Waals surface area contributed by atoms with E-state index in [-0.39, 0.29) is 5.97 Å². The van der Waals surface area contributed by atoms with E-state index in [0.29, 0.717) is 17.6 Å². The van der Waals surface area contributed by atoms with Crippen LogP contribution < -0.4 is 5.32 Å². The highest BCUT2D eigenvalue weighted by atomic mass is 16.5. The van der Waals surface area contributed by atoms with Crippen LogP contribution in [0.3, 0.4) is 0 Å². The van der Waals surface area contributed by atoms with Gasteiger partial charge in [-0.1, -0.05) is 12.1 Å². The highest BCUT2D eigenvalue weighted by Crippen LogP contribution is 2.29. The number of hydrogen-bond acceptors (Lipinski definition) is 4. The van der Waals surface area contributed by atoms with Crippen LogP contribution in [0.2, 0.25) is 0 Å². The third-order valence-electron chi connectivity index (χ3n) is 4.52. The molecular weight excluding hydrogens is 252 g/mol. The fourth-order valence-electron chi connectivity index (χ4n) is 3.46. The van der Waals surface area contributed by atoms with Crippen molar-refractivity contribution in [2.45, 2.75) is 37.9 Å². The molecule has 0 spiro atoms. The minimum atomic E-state index is -0.257. The number of ether oxygens (including phenoxy) is 1. The van der Waals surface area contributed by atoms with Crippen LogP contribution in [0, 0.1) is 0 Å². The molecule has 4 heteroatoms. The molecule has 3 rings (SSSR count). The summed E-state index contributed by atoms with van der Waals surface area (Å²) in [6.07, 6.45) is 3.82. The maximum Gasteiger partial charge on any atom is 0.337 e. The Morgan fingerprint density at radius 3 is 3.05 bits per heavy atom. The first-order valence-corrected chi connectivity index (χ1v) is 7.41. The van der Waals surface area contributed by atoms with E-state index in [9.17, 15) is 4.79 Å². The van der Waals surface area contributed by atoms with Gasteiger partial charge in [0.15, 0.2) is 0 Å². The fraction of sp³-hybridized carbons (Fsp3) is 0.562. The molecule has 0 aliphatic carbocycles. The molecule has 108 valence electrons. The largest absolute Gasteiger partial charge is 0.465 e. The molecule has 2 aliphatic rings. The van der Waals surface area contributed by atoms with Gasteiger partial charge in [0.2, 0.25) is 0 Å². The minimum absolute atomic E-state index is 0.257. The topological polar surface area (TPSA) is 41.6 Å². The Bertz CT molecular complexity index is 475. The number of esters is 1. The first-order valence-electron chi connectivity index (χ1n) is 7.41. The number of methoxy groups -OCH3 is 1. The molecule has 1 aromatic carbocycles. The van der Waals surface area contributed by atoms with Crippen LogP contribution in [-0.2, 0) is 11.3 Å². The Labute approximate surface area is 120 Å². The van der Waals surface area contributed by atoms with Crippen molar-refractivity contribution in [2.24, 2.45) is 0 Å². The van der Waals surface area contributed by atoms with Gasteiger partial charge in [0.1, 0.15) is 0 Å². The number of fused-ring (bicyclic) bond motifs is 2. The van der Waals surface area contributed by atoms with E-state index in [0.717, 1.165) is 19.6 Å². The van der Waals surface area contributed by atoms with Crippen molar-refractivity contribution in [1.82, 2.24) is 10.2 Å². The Balaban J connectivity index is 1.75. The average molecular weight is 274 g/mol. The van der Waals surface area contributed by atoms with Gasteiger partial charge >= 0.3 is 5.97 Å². The average Bonchev–Trinajstić information content (AvgIpc) is 2.71. The molecule has 2 fully saturated rings. The maximum atomic E-state index is 11.6. The van der Waals surface area contributed by atoms with Crippen molar-refractivity contribution >= 4 is 5.97 Å². The molecule has 0 radical (unpaired) electrons. The molecule has 0 aromatic heterocycles. The van der Waals surface area contributed by atoms with Crippen molar-refractivity contribution < 1.29 is 9.53 Å². The van der Waals surface area contributed by atoms with Crippen LogP contribution >= 0.6 is 0 Å². The minimum Gasteiger partial charge on any atom is -0.465 e. The van der Waals surface area contributed by atoms with E-state index in [1.54, 1.807) is 0 Å². The molecule has 1 aromatic rings. The van der Waals surface area contributed by atoms with Gasteiger partial charge in [-0.3, -0.25) is 4.90 Å². The quantitative estimate of drug-likeness (QED) is 0.853. The summed E-state index contributed by atoms with van der Waals surface area (Å²) < 4.78 is 4.79. The summed E-state index contributed by atoms with van der Waals surface area (Å²) in [5.74, 6) is -0.257. The van der Waals surface area contributed by atoms with Gasteiger partial charge in [-0.25, -0.2) is 4.79 Å². The Morgan fingerprint density at radius 1 is 1.35 bits per heavy atom. The van der Waals surface area contributed by atoms with Crippen LogP contribution in [0.1, 0.15) is 35.2 Å². The van der Waals surface area contributed by atoms with Gasteiger partial charge < -0.3 is 10.1 Å². The van der Waals surface area contributed by atoms with Crippen LogP contribution in [-0.4, -0.2) is 43.2 Å². The Hall–Kier alpha value is -1.39. The first-order chi connectivity index (χ1) is 9.78. The van der Waals surface area contributed by atoms with Crippen LogP contribution in [0.5, 0.6) is 0 Å². The van der Waals surface area contributed by atoms with E-state index >= 15 is 0 Å². The van der Waals surface area contributed by atoms with Gasteiger partial charge in [-0.15, -0.1) is 0 Å². The van der Waals surface area contributed by atoms with Crippen molar-refractivity contribution in [2.75, 3.05) is 20.2 Å². The SMILES string of the molecule is COC(=O)c1cccc(CN2C3CCNCC2CC3)c1. The number of rotatable bonds is 3. The summed E-state index contributed by atoms with van der Waals surface area (Å²) in [4.78, 5) is 14.2. The predicted molar refractivity (Wildman–Crippen MR) is 77.6 cm³/mol. The van der Waals surface area contributed by atoms with Crippen molar-refractivity contribution in [3.63, 3.8) is 0 Å². The molecule has 2 aliphatic heterocycles. The lowest BCUT2D eigenvalue weighted by molar-refractivity contribution is 0.0600. The maximum absolute atomic E-state index is 11.6. The number of carbonyl (C=O) groups excluding carboxylic acids is 1. The van der Waals surface area contributed by atoms with Gasteiger partial charge in [0.25, 0.3) is 0 Å². The zero-order valence-corrected chi connectivity index (χ0v) is 12.0. The molecule has 2 heterocycles. The van der Waals surface area contributed by atoms with E-state index < -0.39 is 0 Å². The molecule has 1 N–H and O–H groups in total. The standard InChI is InChI=1S/C16H22N2O2/c1-20-16(19)13-4-2-3-12(9-13)11-18-14-5-6-15(18)10-17-8-7-14/h2-4,9,14-15,17H,5-8,10-11H2,1H3. The first kappa shape index (κ1) is 13.6. The highest BCUT2D eigenvalue weighted by Gasteiger charge is 2.34. The summed E-state index contributed by atoms with van der Waals surface area (Å²) in [5.41, 5.74) is 1.84. The number of nitrogens with one attached hydrogen (secondary N) is 1. The second-order valence-electron chi connectivity index (χ2n) is 5.74. The normalized spacial score (nSPS) is 26.2. The zero-order chi connectivity index (χ0) is 13.9. The monoisotopic (exact) mass is 274 g/mol. The predicted octanol–water partition coefficient (Wildman–Crippen LogP) is 1.80. The molecular formula is C16H22N2O2. The molecule has 4 nitrogen and oxygen atoms in total. The molecule has 0 amide bonds. The lowest BCUT2D eigenvalue weighted by Gasteiger charge is -2.27. The second kappa shape index (κ2) is 5.94. The van der Waals surface area contributed by atoms with Gasteiger partial charge in [-0.05, 0) is 43.5 Å². The van der Waals surface area contributed by atoms with E-state index in [1.807, 2.05) is 18.2 Å². The van der Waals surface area contributed by atoms with Gasteiger partial charge in [0, 0.05) is 25.2 Å². The van der Waals surface area contributed by atoms with Crippen LogP contribution in [0.4, 0.5) is 0 Å². The molecule has 2 saturated heterocycles. The van der Waals surface area contributed by atoms with Crippen LogP contribution in [0.25, 0.3) is 0 Å².